The van der Waals surface area contributed by atoms with Crippen LogP contribution in [0.15, 0.2) is 12.1 Å². The smallest absolute Gasteiger partial charge is 0.412 e. The van der Waals surface area contributed by atoms with Gasteiger partial charge in [-0.15, -0.1) is 0 Å². The number of rotatable bonds is 0. The molecule has 1 aromatic rings. The van der Waals surface area contributed by atoms with Gasteiger partial charge in [0.2, 0.25) is 0 Å². The summed E-state index contributed by atoms with van der Waals surface area (Å²) in [6.45, 7) is 1.32. The summed E-state index contributed by atoms with van der Waals surface area (Å²) < 4.78 is 20.2. The summed E-state index contributed by atoms with van der Waals surface area (Å²) in [4.78, 5) is 11.9. The van der Waals surface area contributed by atoms with Crippen LogP contribution in [0.2, 0.25) is 5.02 Å². The fourth-order valence-electron chi connectivity index (χ4n) is 4.00. The lowest BCUT2D eigenvalue weighted by atomic mass is 9.60. The molecule has 4 nitrogen and oxygen atoms in total. The van der Waals surface area contributed by atoms with E-state index in [2.05, 4.69) is 10.6 Å². The van der Waals surface area contributed by atoms with Crippen molar-refractivity contribution in [2.75, 3.05) is 18.4 Å². The van der Waals surface area contributed by atoms with E-state index in [0.717, 1.165) is 19.4 Å². The highest BCUT2D eigenvalue weighted by molar-refractivity contribution is 6.31. The molecule has 2 fully saturated rings. The Hall–Kier alpha value is -1.33. The van der Waals surface area contributed by atoms with E-state index in [-0.39, 0.29) is 10.4 Å². The summed E-state index contributed by atoms with van der Waals surface area (Å²) in [6.07, 6.45) is 3.48. The molecule has 2 aliphatic heterocycles. The van der Waals surface area contributed by atoms with Crippen molar-refractivity contribution < 1.29 is 13.9 Å². The topological polar surface area (TPSA) is 50.4 Å². The van der Waals surface area contributed by atoms with Crippen LogP contribution < -0.4 is 10.6 Å². The highest BCUT2D eigenvalue weighted by Crippen LogP contribution is 2.54. The second-order valence-corrected chi connectivity index (χ2v) is 6.83. The SMILES string of the molecule is O=C1Nc2ccc(Cl)c(F)c2C2(CNCC3(CCC3)C2)O1. The maximum Gasteiger partial charge on any atom is 0.412 e. The number of anilines is 1. The zero-order valence-electron chi connectivity index (χ0n) is 11.5. The minimum Gasteiger partial charge on any atom is -0.436 e. The van der Waals surface area contributed by atoms with Gasteiger partial charge in [0, 0.05) is 13.1 Å². The molecule has 1 aromatic carbocycles. The number of carbonyl (C=O) groups is 1. The standard InChI is InChI=1S/C15H16ClFN2O2/c16-9-2-3-10-11(12(9)17)15(21-13(20)19-10)6-14(4-1-5-14)7-18-8-15/h2-3,18H,1,4-8H2,(H,19,20). The number of nitrogens with one attached hydrogen (secondary N) is 2. The quantitative estimate of drug-likeness (QED) is 0.772. The Bertz CT molecular complexity index is 632. The second-order valence-electron chi connectivity index (χ2n) is 6.43. The van der Waals surface area contributed by atoms with Crippen molar-refractivity contribution in [3.05, 3.63) is 28.5 Å². The van der Waals surface area contributed by atoms with E-state index in [9.17, 15) is 9.18 Å². The highest BCUT2D eigenvalue weighted by Gasteiger charge is 2.54. The van der Waals surface area contributed by atoms with Crippen molar-refractivity contribution in [3.63, 3.8) is 0 Å². The molecule has 2 spiro atoms. The normalized spacial score (nSPS) is 29.5. The fourth-order valence-corrected chi connectivity index (χ4v) is 4.16. The fraction of sp³-hybridized carbons (Fsp3) is 0.533. The van der Waals surface area contributed by atoms with Gasteiger partial charge in [-0.2, -0.15) is 0 Å². The van der Waals surface area contributed by atoms with Gasteiger partial charge >= 0.3 is 6.09 Å². The predicted octanol–water partition coefficient (Wildman–Crippen LogP) is 3.40. The van der Waals surface area contributed by atoms with Gasteiger partial charge in [-0.25, -0.2) is 9.18 Å². The Kier molecular flexibility index (Phi) is 2.75. The first-order valence-electron chi connectivity index (χ1n) is 7.23. The summed E-state index contributed by atoms with van der Waals surface area (Å²) in [7, 11) is 0. The number of fused-ring (bicyclic) bond motifs is 2. The molecular formula is C15H16ClFN2O2. The summed E-state index contributed by atoms with van der Waals surface area (Å²) in [6, 6.07) is 3.11. The van der Waals surface area contributed by atoms with E-state index in [1.165, 1.54) is 12.5 Å². The van der Waals surface area contributed by atoms with Crippen LogP contribution in [0.5, 0.6) is 0 Å². The number of ether oxygens (including phenoxy) is 1. The molecule has 21 heavy (non-hydrogen) atoms. The molecule has 1 atom stereocenters. The summed E-state index contributed by atoms with van der Waals surface area (Å²) in [5.74, 6) is -0.493. The van der Waals surface area contributed by atoms with Crippen LogP contribution >= 0.6 is 11.6 Å². The number of carbonyl (C=O) groups excluding carboxylic acids is 1. The molecule has 1 saturated carbocycles. The zero-order chi connectivity index (χ0) is 14.7. The summed E-state index contributed by atoms with van der Waals surface area (Å²) in [5, 5.41) is 5.96. The lowest BCUT2D eigenvalue weighted by molar-refractivity contribution is -0.0771. The van der Waals surface area contributed by atoms with Crippen molar-refractivity contribution in [1.29, 1.82) is 0 Å². The molecule has 2 N–H and O–H groups in total. The van der Waals surface area contributed by atoms with Gasteiger partial charge in [0.25, 0.3) is 0 Å². The van der Waals surface area contributed by atoms with Gasteiger partial charge in [-0.1, -0.05) is 18.0 Å². The zero-order valence-corrected chi connectivity index (χ0v) is 12.2. The predicted molar refractivity (Wildman–Crippen MR) is 77.0 cm³/mol. The molecule has 0 aromatic heterocycles. The van der Waals surface area contributed by atoms with E-state index in [1.54, 1.807) is 6.07 Å². The Morgan fingerprint density at radius 1 is 1.29 bits per heavy atom. The molecule has 0 radical (unpaired) electrons. The number of halogens is 2. The van der Waals surface area contributed by atoms with E-state index in [0.29, 0.717) is 24.2 Å². The Morgan fingerprint density at radius 2 is 2.10 bits per heavy atom. The van der Waals surface area contributed by atoms with Crippen LogP contribution in [0, 0.1) is 11.2 Å². The molecule has 1 unspecified atom stereocenters. The van der Waals surface area contributed by atoms with Crippen LogP contribution in [-0.2, 0) is 10.3 Å². The monoisotopic (exact) mass is 310 g/mol. The van der Waals surface area contributed by atoms with Gasteiger partial charge in [0.15, 0.2) is 11.4 Å². The first-order valence-corrected chi connectivity index (χ1v) is 7.61. The molecular weight excluding hydrogens is 295 g/mol. The average Bonchev–Trinajstić information content (AvgIpc) is 2.41. The molecule has 3 aliphatic rings. The molecule has 0 bridgehead atoms. The van der Waals surface area contributed by atoms with Crippen molar-refractivity contribution in [2.45, 2.75) is 31.3 Å². The van der Waals surface area contributed by atoms with Crippen LogP contribution in [-0.4, -0.2) is 19.2 Å². The number of hydrogen-bond donors (Lipinski definition) is 2. The van der Waals surface area contributed by atoms with Gasteiger partial charge in [-0.05, 0) is 36.8 Å². The number of piperidine rings is 1. The van der Waals surface area contributed by atoms with E-state index in [4.69, 9.17) is 16.3 Å². The molecule has 2 heterocycles. The van der Waals surface area contributed by atoms with Gasteiger partial charge in [-0.3, -0.25) is 5.32 Å². The molecule has 112 valence electrons. The third-order valence-corrected chi connectivity index (χ3v) is 5.35. The lowest BCUT2D eigenvalue weighted by Crippen LogP contribution is -2.58. The molecule has 6 heteroatoms. The first-order chi connectivity index (χ1) is 10.0. The van der Waals surface area contributed by atoms with Gasteiger partial charge in [0.05, 0.1) is 16.3 Å². The third-order valence-electron chi connectivity index (χ3n) is 5.06. The molecule has 1 aliphatic carbocycles. The van der Waals surface area contributed by atoms with Gasteiger partial charge < -0.3 is 10.1 Å². The summed E-state index contributed by atoms with van der Waals surface area (Å²) >= 11 is 5.94. The lowest BCUT2D eigenvalue weighted by Gasteiger charge is -2.53. The first kappa shape index (κ1) is 13.3. The number of amides is 1. The minimum absolute atomic E-state index is 0.0566. The van der Waals surface area contributed by atoms with E-state index >= 15 is 0 Å². The third kappa shape index (κ3) is 1.87. The Labute approximate surface area is 127 Å². The molecule has 4 rings (SSSR count). The maximum absolute atomic E-state index is 14.6. The Balaban J connectivity index is 1.86. The van der Waals surface area contributed by atoms with Crippen LogP contribution in [0.1, 0.15) is 31.2 Å². The largest absolute Gasteiger partial charge is 0.436 e. The van der Waals surface area contributed by atoms with E-state index < -0.39 is 17.5 Å². The maximum atomic E-state index is 14.6. The van der Waals surface area contributed by atoms with E-state index in [1.807, 2.05) is 0 Å². The highest BCUT2D eigenvalue weighted by atomic mass is 35.5. The van der Waals surface area contributed by atoms with Crippen molar-refractivity contribution in [2.24, 2.45) is 5.41 Å². The molecule has 1 amide bonds. The van der Waals surface area contributed by atoms with Crippen molar-refractivity contribution in [3.8, 4) is 0 Å². The summed E-state index contributed by atoms with van der Waals surface area (Å²) in [5.41, 5.74) is 0.00660. The minimum atomic E-state index is -0.953. The number of hydrogen-bond acceptors (Lipinski definition) is 3. The van der Waals surface area contributed by atoms with Crippen molar-refractivity contribution in [1.82, 2.24) is 5.32 Å². The average molecular weight is 311 g/mol. The number of benzene rings is 1. The van der Waals surface area contributed by atoms with Crippen LogP contribution in [0.4, 0.5) is 14.9 Å². The second kappa shape index (κ2) is 4.34. The van der Waals surface area contributed by atoms with Gasteiger partial charge in [0.1, 0.15) is 0 Å². The van der Waals surface area contributed by atoms with Crippen LogP contribution in [0.25, 0.3) is 0 Å². The van der Waals surface area contributed by atoms with Crippen molar-refractivity contribution >= 4 is 23.4 Å². The van der Waals surface area contributed by atoms with Crippen LogP contribution in [0.3, 0.4) is 0 Å². The Morgan fingerprint density at radius 3 is 2.81 bits per heavy atom. The molecule has 1 saturated heterocycles.